The van der Waals surface area contributed by atoms with E-state index in [9.17, 15) is 4.79 Å². The molecule has 0 atom stereocenters. The van der Waals surface area contributed by atoms with Gasteiger partial charge in [-0.2, -0.15) is 0 Å². The van der Waals surface area contributed by atoms with Gasteiger partial charge in [-0.3, -0.25) is 4.79 Å². The second-order valence-electron chi connectivity index (χ2n) is 6.51. The van der Waals surface area contributed by atoms with Crippen LogP contribution in [0.3, 0.4) is 0 Å². The smallest absolute Gasteiger partial charge is 0.251 e. The van der Waals surface area contributed by atoms with Gasteiger partial charge in [-0.1, -0.05) is 19.1 Å². The lowest BCUT2D eigenvalue weighted by molar-refractivity contribution is -0.671. The summed E-state index contributed by atoms with van der Waals surface area (Å²) in [7, 11) is 2.03. The van der Waals surface area contributed by atoms with E-state index in [4.69, 9.17) is 0 Å². The number of nitrogens with one attached hydrogen (secondary N) is 1. The Labute approximate surface area is 144 Å². The van der Waals surface area contributed by atoms with Crippen LogP contribution in [-0.2, 0) is 13.5 Å². The zero-order valence-electron chi connectivity index (χ0n) is 14.5. The molecule has 1 amide bonds. The number of amides is 1. The van der Waals surface area contributed by atoms with Gasteiger partial charge >= 0.3 is 0 Å². The number of carbonyl (C=O) groups is 1. The summed E-state index contributed by atoms with van der Waals surface area (Å²) in [5.74, 6) is 0.0443. The van der Waals surface area contributed by atoms with Crippen molar-refractivity contribution in [1.82, 2.24) is 5.32 Å². The molecule has 0 radical (unpaired) electrons. The maximum absolute atomic E-state index is 12.4. The Hall–Kier alpha value is -2.36. The molecule has 0 saturated carbocycles. The number of nitrogens with zero attached hydrogens (tertiary/aromatic N) is 2. The van der Waals surface area contributed by atoms with Crippen LogP contribution in [-0.4, -0.2) is 25.0 Å². The average Bonchev–Trinajstić information content (AvgIpc) is 2.63. The molecule has 1 aromatic carbocycles. The molecule has 4 nitrogen and oxygen atoms in total. The number of hydrogen-bond donors (Lipinski definition) is 1. The van der Waals surface area contributed by atoms with Crippen molar-refractivity contribution in [1.29, 1.82) is 0 Å². The lowest BCUT2D eigenvalue weighted by Crippen LogP contribution is -2.44. The largest absolute Gasteiger partial charge is 0.371 e. The molecule has 1 N–H and O–H groups in total. The first-order valence-electron chi connectivity index (χ1n) is 8.76. The zero-order valence-corrected chi connectivity index (χ0v) is 14.5. The molecule has 1 fully saturated rings. The Morgan fingerprint density at radius 2 is 1.75 bits per heavy atom. The first kappa shape index (κ1) is 16.5. The Bertz CT molecular complexity index is 671. The van der Waals surface area contributed by atoms with Gasteiger partial charge in [0.2, 0.25) is 0 Å². The molecule has 1 saturated heterocycles. The molecular formula is C20H26N3O+. The summed E-state index contributed by atoms with van der Waals surface area (Å²) >= 11 is 0. The second kappa shape index (κ2) is 7.47. The van der Waals surface area contributed by atoms with Crippen LogP contribution >= 0.6 is 0 Å². The molecule has 3 rings (SSSR count). The van der Waals surface area contributed by atoms with E-state index in [-0.39, 0.29) is 11.9 Å². The highest BCUT2D eigenvalue weighted by Crippen LogP contribution is 2.19. The maximum atomic E-state index is 12.4. The van der Waals surface area contributed by atoms with Gasteiger partial charge in [0.25, 0.3) is 5.91 Å². The number of aromatic nitrogens is 1. The third kappa shape index (κ3) is 3.94. The van der Waals surface area contributed by atoms with Crippen LogP contribution in [0.2, 0.25) is 0 Å². The minimum atomic E-state index is 0.0443. The molecule has 1 aromatic heterocycles. The summed E-state index contributed by atoms with van der Waals surface area (Å²) in [5, 5.41) is 3.18. The average molecular weight is 324 g/mol. The number of rotatable bonds is 4. The minimum absolute atomic E-state index is 0.0443. The number of aryl methyl sites for hydroxylation is 2. The van der Waals surface area contributed by atoms with Crippen molar-refractivity contribution >= 4 is 11.6 Å². The Kier molecular flexibility index (Phi) is 5.14. The number of carbonyl (C=O) groups excluding carboxylic acids is 1. The van der Waals surface area contributed by atoms with Crippen LogP contribution in [0.15, 0.2) is 48.8 Å². The summed E-state index contributed by atoms with van der Waals surface area (Å²) in [4.78, 5) is 14.8. The third-order valence-electron chi connectivity index (χ3n) is 4.78. The van der Waals surface area contributed by atoms with Crippen LogP contribution < -0.4 is 14.8 Å². The van der Waals surface area contributed by atoms with E-state index in [1.54, 1.807) is 0 Å². The van der Waals surface area contributed by atoms with Crippen molar-refractivity contribution in [2.24, 2.45) is 7.05 Å². The van der Waals surface area contributed by atoms with Crippen molar-refractivity contribution in [3.8, 4) is 0 Å². The molecule has 24 heavy (non-hydrogen) atoms. The Morgan fingerprint density at radius 1 is 1.12 bits per heavy atom. The van der Waals surface area contributed by atoms with Crippen molar-refractivity contribution in [3.05, 3.63) is 59.9 Å². The molecule has 4 heteroatoms. The summed E-state index contributed by atoms with van der Waals surface area (Å²) in [6, 6.07) is 12.5. The van der Waals surface area contributed by atoms with Crippen molar-refractivity contribution in [2.75, 3.05) is 18.0 Å². The minimum Gasteiger partial charge on any atom is -0.371 e. The van der Waals surface area contributed by atoms with E-state index in [0.717, 1.165) is 37.9 Å². The Morgan fingerprint density at radius 3 is 2.33 bits per heavy atom. The number of benzene rings is 1. The van der Waals surface area contributed by atoms with Gasteiger partial charge in [0.15, 0.2) is 12.4 Å². The Balaban J connectivity index is 1.52. The predicted molar refractivity (Wildman–Crippen MR) is 96.1 cm³/mol. The van der Waals surface area contributed by atoms with Gasteiger partial charge in [-0.25, -0.2) is 4.57 Å². The fraction of sp³-hybridized carbons (Fsp3) is 0.400. The molecule has 0 bridgehead atoms. The van der Waals surface area contributed by atoms with Gasteiger partial charge in [0, 0.05) is 42.5 Å². The zero-order chi connectivity index (χ0) is 16.9. The highest BCUT2D eigenvalue weighted by molar-refractivity contribution is 5.94. The van der Waals surface area contributed by atoms with E-state index in [0.29, 0.717) is 0 Å². The highest BCUT2D eigenvalue weighted by Gasteiger charge is 2.21. The molecule has 0 spiro atoms. The highest BCUT2D eigenvalue weighted by atomic mass is 16.1. The molecule has 1 aliphatic rings. The lowest BCUT2D eigenvalue weighted by Gasteiger charge is -2.33. The maximum Gasteiger partial charge on any atom is 0.251 e. The van der Waals surface area contributed by atoms with E-state index in [1.807, 2.05) is 35.9 Å². The summed E-state index contributed by atoms with van der Waals surface area (Å²) in [6.45, 7) is 4.08. The predicted octanol–water partition coefficient (Wildman–Crippen LogP) is 2.47. The monoisotopic (exact) mass is 324 g/mol. The molecule has 0 unspecified atom stereocenters. The molecule has 2 aromatic rings. The summed E-state index contributed by atoms with van der Waals surface area (Å²) in [6.07, 6.45) is 7.11. The topological polar surface area (TPSA) is 36.2 Å². The van der Waals surface area contributed by atoms with Gasteiger partial charge in [0.1, 0.15) is 7.05 Å². The SMILES string of the molecule is CCc1ccc(C(=O)NC2CCN(c3cc[n+](C)cc3)CC2)cc1. The van der Waals surface area contributed by atoms with Gasteiger partial charge in [-0.05, 0) is 37.0 Å². The molecule has 1 aliphatic heterocycles. The van der Waals surface area contributed by atoms with Crippen molar-refractivity contribution in [3.63, 3.8) is 0 Å². The first-order chi connectivity index (χ1) is 11.7. The van der Waals surface area contributed by atoms with Crippen molar-refractivity contribution in [2.45, 2.75) is 32.2 Å². The first-order valence-corrected chi connectivity index (χ1v) is 8.76. The van der Waals surface area contributed by atoms with Crippen LogP contribution in [0.5, 0.6) is 0 Å². The van der Waals surface area contributed by atoms with Gasteiger partial charge in [0.05, 0.1) is 0 Å². The molecule has 126 valence electrons. The van der Waals surface area contributed by atoms with E-state index < -0.39 is 0 Å². The number of anilines is 1. The standard InChI is InChI=1S/C20H25N3O/c1-3-16-4-6-17(7-5-16)20(24)21-18-8-14-23(15-9-18)19-10-12-22(2)13-11-19/h4-7,10-13,18H,3,8-9,14-15H2,1-2H3/p+1. The third-order valence-corrected chi connectivity index (χ3v) is 4.78. The molecule has 0 aliphatic carbocycles. The summed E-state index contributed by atoms with van der Waals surface area (Å²) < 4.78 is 2.04. The quantitative estimate of drug-likeness (QED) is 0.877. The van der Waals surface area contributed by atoms with Crippen LogP contribution in [0, 0.1) is 0 Å². The fourth-order valence-corrected chi connectivity index (χ4v) is 3.15. The normalized spacial score (nSPS) is 15.3. The van der Waals surface area contributed by atoms with Gasteiger partial charge < -0.3 is 10.2 Å². The summed E-state index contributed by atoms with van der Waals surface area (Å²) in [5.41, 5.74) is 3.27. The van der Waals surface area contributed by atoms with E-state index in [1.165, 1.54) is 11.3 Å². The number of piperidine rings is 1. The second-order valence-corrected chi connectivity index (χ2v) is 6.51. The van der Waals surface area contributed by atoms with Crippen molar-refractivity contribution < 1.29 is 9.36 Å². The van der Waals surface area contributed by atoms with Crippen LogP contribution in [0.4, 0.5) is 5.69 Å². The lowest BCUT2D eigenvalue weighted by atomic mass is 10.0. The van der Waals surface area contributed by atoms with Gasteiger partial charge in [-0.15, -0.1) is 0 Å². The van der Waals surface area contributed by atoms with E-state index in [2.05, 4.69) is 41.7 Å². The van der Waals surface area contributed by atoms with Crippen LogP contribution in [0.1, 0.15) is 35.7 Å². The van der Waals surface area contributed by atoms with E-state index >= 15 is 0 Å². The molecule has 2 heterocycles. The molecular weight excluding hydrogens is 298 g/mol. The van der Waals surface area contributed by atoms with Crippen LogP contribution in [0.25, 0.3) is 0 Å². The number of hydrogen-bond acceptors (Lipinski definition) is 2. The fourth-order valence-electron chi connectivity index (χ4n) is 3.15. The number of pyridine rings is 1.